The average Bonchev–Trinajstić information content (AvgIpc) is 3.47. The largest absolute Gasteiger partial charge is 0.490 e. The van der Waals surface area contributed by atoms with Gasteiger partial charge in [-0.05, 0) is 101 Å². The summed E-state index contributed by atoms with van der Waals surface area (Å²) in [4.78, 5) is 37.4. The second-order valence-corrected chi connectivity index (χ2v) is 16.5. The maximum atomic E-state index is 15.4. The number of likely N-dealkylation sites (tertiary alicyclic amines) is 1. The van der Waals surface area contributed by atoms with Gasteiger partial charge in [-0.25, -0.2) is 23.5 Å². The smallest absolute Gasteiger partial charge is 0.330 e. The number of halogens is 4. The number of ether oxygens (including phenoxy) is 2. The molecular weight excluding hydrogens is 694 g/mol. The van der Waals surface area contributed by atoms with Crippen LogP contribution >= 0.6 is 0 Å². The van der Waals surface area contributed by atoms with Crippen molar-refractivity contribution in [2.45, 2.75) is 107 Å². The van der Waals surface area contributed by atoms with Gasteiger partial charge in [-0.2, -0.15) is 8.78 Å². The van der Waals surface area contributed by atoms with E-state index in [9.17, 15) is 23.5 Å². The number of methoxy groups -OCH3 is 1. The molecule has 1 aromatic carbocycles. The van der Waals surface area contributed by atoms with Gasteiger partial charge in [-0.15, -0.1) is 0 Å². The molecule has 1 amide bonds. The van der Waals surface area contributed by atoms with E-state index in [4.69, 9.17) is 9.47 Å². The van der Waals surface area contributed by atoms with E-state index in [1.54, 1.807) is 13.3 Å². The normalized spacial score (nSPS) is 31.3. The fourth-order valence-electron chi connectivity index (χ4n) is 10.5. The summed E-state index contributed by atoms with van der Waals surface area (Å²) in [5.41, 5.74) is -1.51. The highest BCUT2D eigenvalue weighted by Crippen LogP contribution is 2.58. The van der Waals surface area contributed by atoms with E-state index in [1.165, 1.54) is 0 Å². The first-order valence-corrected chi connectivity index (χ1v) is 18.9. The molecule has 3 heterocycles. The van der Waals surface area contributed by atoms with Crippen molar-refractivity contribution in [3.05, 3.63) is 41.9 Å². The molecule has 3 aromatic rings. The zero-order valence-electron chi connectivity index (χ0n) is 30.3. The van der Waals surface area contributed by atoms with E-state index in [1.807, 2.05) is 34.6 Å². The molecule has 6 aliphatic rings. The van der Waals surface area contributed by atoms with Crippen LogP contribution in [-0.4, -0.2) is 86.8 Å². The molecule has 5 aliphatic carbocycles. The molecule has 1 aliphatic heterocycles. The number of benzene rings is 1. The SMILES string of the molecule is COC[C@H](C)n1cc(-c2ncc(C(=O)NC3(C(=O)O)C4CC5CC(C4)CC3C5)c(C(C)(F)F)n2)c2ccc(O[C@H]3CC[C@H](N4CC(F)(F)C4)CC3)cc21. The van der Waals surface area contributed by atoms with Crippen molar-refractivity contribution >= 4 is 22.8 Å². The number of alkyl halides is 4. The Labute approximate surface area is 305 Å². The Balaban J connectivity index is 1.07. The van der Waals surface area contributed by atoms with Gasteiger partial charge in [0.2, 0.25) is 0 Å². The number of hydrogen-bond acceptors (Lipinski definition) is 7. The first kappa shape index (κ1) is 36.2. The molecule has 6 fully saturated rings. The predicted molar refractivity (Wildman–Crippen MR) is 187 cm³/mol. The molecule has 10 nitrogen and oxygen atoms in total. The lowest BCUT2D eigenvalue weighted by molar-refractivity contribution is -0.163. The van der Waals surface area contributed by atoms with E-state index in [-0.39, 0.29) is 48.9 Å². The molecule has 1 saturated heterocycles. The zero-order chi connectivity index (χ0) is 37.4. The van der Waals surface area contributed by atoms with Crippen molar-refractivity contribution in [3.8, 4) is 17.1 Å². The van der Waals surface area contributed by atoms with Gasteiger partial charge in [0.25, 0.3) is 17.8 Å². The van der Waals surface area contributed by atoms with Gasteiger partial charge in [-0.1, -0.05) is 0 Å². The van der Waals surface area contributed by atoms with Crippen molar-refractivity contribution in [3.63, 3.8) is 0 Å². The third-order valence-corrected chi connectivity index (χ3v) is 12.8. The summed E-state index contributed by atoms with van der Waals surface area (Å²) in [6, 6.07) is 5.51. The Hall–Kier alpha value is -3.78. The van der Waals surface area contributed by atoms with Crippen molar-refractivity contribution in [1.29, 1.82) is 0 Å². The van der Waals surface area contributed by atoms with E-state index in [0.29, 0.717) is 67.7 Å². The topological polar surface area (TPSA) is 119 Å². The first-order chi connectivity index (χ1) is 25.1. The number of nitrogens with zero attached hydrogens (tertiary/aromatic N) is 4. The van der Waals surface area contributed by atoms with Crippen LogP contribution in [0.1, 0.15) is 93.7 Å². The Morgan fingerprint density at radius 1 is 1.06 bits per heavy atom. The number of carboxylic acid groups (broad SMARTS) is 1. The number of nitrogens with one attached hydrogen (secondary N) is 1. The number of carbonyl (C=O) groups is 2. The van der Waals surface area contributed by atoms with Gasteiger partial charge in [0.05, 0.1) is 42.9 Å². The maximum absolute atomic E-state index is 15.4. The number of aromatic nitrogens is 3. The number of amides is 1. The molecule has 1 atom stereocenters. The minimum Gasteiger partial charge on any atom is -0.490 e. The minimum atomic E-state index is -3.54. The lowest BCUT2D eigenvalue weighted by Gasteiger charge is -2.59. The lowest BCUT2D eigenvalue weighted by atomic mass is 9.48. The van der Waals surface area contributed by atoms with Crippen molar-refractivity contribution in [1.82, 2.24) is 24.8 Å². The summed E-state index contributed by atoms with van der Waals surface area (Å²) < 4.78 is 71.4. The number of aliphatic carboxylic acids is 1. The molecule has 0 radical (unpaired) electrons. The van der Waals surface area contributed by atoms with Crippen molar-refractivity contribution in [2.24, 2.45) is 23.7 Å². The van der Waals surface area contributed by atoms with Crippen LogP contribution in [0.4, 0.5) is 17.6 Å². The highest BCUT2D eigenvalue weighted by Gasteiger charge is 2.62. The Morgan fingerprint density at radius 2 is 1.72 bits per heavy atom. The zero-order valence-corrected chi connectivity index (χ0v) is 30.3. The summed E-state index contributed by atoms with van der Waals surface area (Å²) >= 11 is 0. The van der Waals surface area contributed by atoms with E-state index in [0.717, 1.165) is 43.8 Å². The standard InChI is InChI=1S/C39H47F4N5O5/c1-21(18-52-3)48-17-31(29-9-8-28(15-32(29)48)53-27-6-4-26(5-7-27)47-19-38(42,43)20-47)34-44-16-30(33(45-34)37(2,40)41)35(49)46-39(36(50)51)24-11-22-10-23(13-24)14-25(39)12-22/h8-9,15-17,21-27H,4-7,10-14,18-20H2,1-3H3,(H,46,49)(H,50,51)/t21-,22?,23?,24?,25?,26-,27-,39?/m0/s1. The number of rotatable bonds is 11. The van der Waals surface area contributed by atoms with Gasteiger partial charge in [0, 0.05) is 49.5 Å². The molecule has 2 N–H and O–H groups in total. The molecule has 53 heavy (non-hydrogen) atoms. The summed E-state index contributed by atoms with van der Waals surface area (Å²) in [7, 11) is 1.59. The summed E-state index contributed by atoms with van der Waals surface area (Å²) in [5, 5.41) is 14.0. The van der Waals surface area contributed by atoms with Crippen LogP contribution in [0.5, 0.6) is 5.75 Å². The van der Waals surface area contributed by atoms with Crippen LogP contribution in [0.2, 0.25) is 0 Å². The molecular formula is C39H47F4N5O5. The lowest BCUT2D eigenvalue weighted by Crippen LogP contribution is -2.70. The quantitative estimate of drug-likeness (QED) is 0.201. The molecule has 286 valence electrons. The van der Waals surface area contributed by atoms with Crippen LogP contribution in [0.3, 0.4) is 0 Å². The molecule has 5 saturated carbocycles. The molecule has 0 unspecified atom stereocenters. The Morgan fingerprint density at radius 3 is 2.30 bits per heavy atom. The number of carbonyl (C=O) groups excluding carboxylic acids is 1. The average molecular weight is 742 g/mol. The Bertz CT molecular complexity index is 1870. The molecule has 2 aromatic heterocycles. The van der Waals surface area contributed by atoms with E-state index in [2.05, 4.69) is 15.3 Å². The molecule has 4 bridgehead atoms. The van der Waals surface area contributed by atoms with Crippen LogP contribution in [0.15, 0.2) is 30.6 Å². The van der Waals surface area contributed by atoms with Crippen LogP contribution < -0.4 is 10.1 Å². The van der Waals surface area contributed by atoms with Crippen molar-refractivity contribution < 1.29 is 41.7 Å². The summed E-state index contributed by atoms with van der Waals surface area (Å²) in [6.45, 7) is 2.64. The van der Waals surface area contributed by atoms with Gasteiger partial charge in [0.15, 0.2) is 5.82 Å². The van der Waals surface area contributed by atoms with E-state index < -0.39 is 40.5 Å². The van der Waals surface area contributed by atoms with E-state index >= 15 is 8.78 Å². The van der Waals surface area contributed by atoms with Gasteiger partial charge in [0.1, 0.15) is 17.0 Å². The summed E-state index contributed by atoms with van der Waals surface area (Å²) in [6.07, 6.45) is 9.75. The second-order valence-electron chi connectivity index (χ2n) is 16.5. The van der Waals surface area contributed by atoms with Crippen molar-refractivity contribution in [2.75, 3.05) is 26.8 Å². The van der Waals surface area contributed by atoms with Gasteiger partial charge >= 0.3 is 5.97 Å². The third kappa shape index (κ3) is 6.47. The van der Waals surface area contributed by atoms with Gasteiger partial charge < -0.3 is 24.5 Å². The predicted octanol–water partition coefficient (Wildman–Crippen LogP) is 7.07. The summed E-state index contributed by atoms with van der Waals surface area (Å²) in [5.74, 6) is -7.16. The first-order valence-electron chi connectivity index (χ1n) is 18.9. The number of fused-ring (bicyclic) bond motifs is 1. The maximum Gasteiger partial charge on any atom is 0.330 e. The second kappa shape index (κ2) is 13.2. The van der Waals surface area contributed by atoms with Crippen LogP contribution in [0.25, 0.3) is 22.3 Å². The van der Waals surface area contributed by atoms with Crippen LogP contribution in [0, 0.1) is 23.7 Å². The molecule has 0 spiro atoms. The highest BCUT2D eigenvalue weighted by atomic mass is 19.3. The number of hydrogen-bond donors (Lipinski definition) is 2. The monoisotopic (exact) mass is 741 g/mol. The van der Waals surface area contributed by atoms with Crippen LogP contribution in [-0.2, 0) is 15.5 Å². The molecule has 14 heteroatoms. The third-order valence-electron chi connectivity index (χ3n) is 12.8. The Kier molecular flexibility index (Phi) is 9.02. The number of carboxylic acids is 1. The minimum absolute atomic E-state index is 0.00224. The highest BCUT2D eigenvalue weighted by molar-refractivity contribution is 6.00. The van der Waals surface area contributed by atoms with Gasteiger partial charge in [-0.3, -0.25) is 9.69 Å². The molecule has 9 rings (SSSR count). The fraction of sp³-hybridized carbons (Fsp3) is 0.641. The fourth-order valence-corrected chi connectivity index (χ4v) is 10.5.